The fraction of sp³-hybridized carbons (Fsp3) is 0.429. The third kappa shape index (κ3) is 3.65. The van der Waals surface area contributed by atoms with Crippen molar-refractivity contribution in [3.63, 3.8) is 0 Å². The highest BCUT2D eigenvalue weighted by Gasteiger charge is 2.14. The average Bonchev–Trinajstić information content (AvgIpc) is 2.43. The van der Waals surface area contributed by atoms with Gasteiger partial charge in [0.1, 0.15) is 13.2 Å². The van der Waals surface area contributed by atoms with Gasteiger partial charge in [-0.2, -0.15) is 5.26 Å². The van der Waals surface area contributed by atoms with Crippen LogP contribution in [0.15, 0.2) is 28.3 Å². The summed E-state index contributed by atoms with van der Waals surface area (Å²) in [5.74, 6) is 0.830. The Bertz CT molecular complexity index is 545. The number of hydrogen-bond donors (Lipinski definition) is 0. The van der Waals surface area contributed by atoms with E-state index in [2.05, 4.69) is 23.8 Å². The molecule has 0 bridgehead atoms. The van der Waals surface area contributed by atoms with Crippen LogP contribution in [0.1, 0.15) is 37.8 Å². The Hall–Kier alpha value is -1.67. The average molecular weight is 278 g/mol. The van der Waals surface area contributed by atoms with Crippen LogP contribution in [0.3, 0.4) is 0 Å². The normalized spacial score (nSPS) is 13.2. The first-order valence-corrected chi connectivity index (χ1v) is 7.40. The van der Waals surface area contributed by atoms with Crippen LogP contribution in [0.2, 0.25) is 0 Å². The summed E-state index contributed by atoms with van der Waals surface area (Å²) in [6.07, 6.45) is 0. The van der Waals surface area contributed by atoms with E-state index in [9.17, 15) is 4.21 Å². The molecule has 1 aromatic rings. The topological polar surface area (TPSA) is 62.5 Å². The van der Waals surface area contributed by atoms with E-state index in [0.29, 0.717) is 11.3 Å². The zero-order valence-electron chi connectivity index (χ0n) is 11.6. The van der Waals surface area contributed by atoms with Gasteiger partial charge in [-0.25, -0.2) is 0 Å². The van der Waals surface area contributed by atoms with Crippen LogP contribution < -0.4 is 0 Å². The first kappa shape index (κ1) is 15.4. The number of hydrogen-bond acceptors (Lipinski definition) is 4. The zero-order chi connectivity index (χ0) is 14.4. The van der Waals surface area contributed by atoms with E-state index >= 15 is 0 Å². The lowest BCUT2D eigenvalue weighted by Crippen LogP contribution is -2.05. The largest absolute Gasteiger partial charge is 0.398 e. The molecule has 0 aliphatic heterocycles. The Morgan fingerprint density at radius 1 is 1.53 bits per heavy atom. The van der Waals surface area contributed by atoms with Gasteiger partial charge in [0.05, 0.1) is 10.8 Å². The first-order chi connectivity index (χ1) is 9.04. The van der Waals surface area contributed by atoms with Gasteiger partial charge in [0.2, 0.25) is 0 Å². The highest BCUT2D eigenvalue weighted by atomic mass is 32.2. The molecule has 0 aliphatic carbocycles. The molecule has 0 fully saturated rings. The molecule has 102 valence electrons. The summed E-state index contributed by atoms with van der Waals surface area (Å²) < 4.78 is 12.1. The van der Waals surface area contributed by atoms with E-state index in [0.717, 1.165) is 10.5 Å². The van der Waals surface area contributed by atoms with Crippen LogP contribution in [0.5, 0.6) is 0 Å². The molecule has 0 saturated carbocycles. The quantitative estimate of drug-likeness (QED) is 0.614. The minimum absolute atomic E-state index is 0.187. The number of oxime groups is 1. The van der Waals surface area contributed by atoms with Gasteiger partial charge in [0, 0.05) is 16.2 Å². The monoisotopic (exact) mass is 278 g/mol. The minimum Gasteiger partial charge on any atom is -0.398 e. The van der Waals surface area contributed by atoms with Crippen LogP contribution in [0, 0.1) is 11.3 Å². The number of nitrogens with zero attached hydrogens (tertiary/aromatic N) is 2. The highest BCUT2D eigenvalue weighted by Crippen LogP contribution is 2.24. The van der Waals surface area contributed by atoms with Gasteiger partial charge >= 0.3 is 0 Å². The van der Waals surface area contributed by atoms with Gasteiger partial charge in [0.25, 0.3) is 0 Å². The van der Waals surface area contributed by atoms with E-state index < -0.39 is 10.8 Å². The Labute approximate surface area is 116 Å². The molecule has 0 amide bonds. The van der Waals surface area contributed by atoms with E-state index in [1.54, 1.807) is 6.07 Å². The smallest absolute Gasteiger partial charge is 0.186 e. The van der Waals surface area contributed by atoms with Crippen molar-refractivity contribution in [2.24, 2.45) is 5.16 Å². The van der Waals surface area contributed by atoms with Crippen molar-refractivity contribution < 1.29 is 9.05 Å². The molecule has 0 aliphatic rings. The van der Waals surface area contributed by atoms with Crippen molar-refractivity contribution in [2.45, 2.75) is 31.6 Å². The van der Waals surface area contributed by atoms with Gasteiger partial charge in [-0.05, 0) is 17.5 Å². The van der Waals surface area contributed by atoms with E-state index in [1.807, 2.05) is 25.1 Å². The molecule has 0 radical (unpaired) electrons. The van der Waals surface area contributed by atoms with Crippen molar-refractivity contribution >= 4 is 16.5 Å². The third-order valence-corrected chi connectivity index (χ3v) is 4.07. The minimum atomic E-state index is -1.06. The summed E-state index contributed by atoms with van der Waals surface area (Å²) in [6, 6.07) is 7.47. The first-order valence-electron chi connectivity index (χ1n) is 6.09. The molecule has 1 aromatic carbocycles. The third-order valence-electron chi connectivity index (χ3n) is 2.70. The summed E-state index contributed by atoms with van der Waals surface area (Å²) in [5.41, 5.74) is 1.86. The molecule has 0 N–H and O–H groups in total. The number of benzene rings is 1. The lowest BCUT2D eigenvalue weighted by molar-refractivity contribution is 0.214. The SMILES string of the molecule is CCS(=O)c1cc(/C(C#N)=N/OC)ccc1C(C)C. The van der Waals surface area contributed by atoms with Gasteiger partial charge < -0.3 is 4.84 Å². The van der Waals surface area contributed by atoms with Crippen LogP contribution in [0.4, 0.5) is 0 Å². The molecule has 1 unspecified atom stereocenters. The molecular weight excluding hydrogens is 260 g/mol. The summed E-state index contributed by atoms with van der Waals surface area (Å²) in [7, 11) is 0.333. The van der Waals surface area contributed by atoms with Crippen molar-refractivity contribution in [2.75, 3.05) is 12.9 Å². The molecule has 4 nitrogen and oxygen atoms in total. The van der Waals surface area contributed by atoms with Crippen molar-refractivity contribution in [3.05, 3.63) is 29.3 Å². The fourth-order valence-electron chi connectivity index (χ4n) is 1.74. The van der Waals surface area contributed by atoms with E-state index in [1.165, 1.54) is 7.11 Å². The highest BCUT2D eigenvalue weighted by molar-refractivity contribution is 7.85. The molecule has 19 heavy (non-hydrogen) atoms. The summed E-state index contributed by atoms with van der Waals surface area (Å²) in [4.78, 5) is 5.42. The molecule has 5 heteroatoms. The summed E-state index contributed by atoms with van der Waals surface area (Å²) in [5, 5.41) is 12.7. The second-order valence-electron chi connectivity index (χ2n) is 4.28. The van der Waals surface area contributed by atoms with Crippen LogP contribution in [-0.4, -0.2) is 22.8 Å². The Morgan fingerprint density at radius 3 is 2.68 bits per heavy atom. The van der Waals surface area contributed by atoms with Crippen LogP contribution >= 0.6 is 0 Å². The second-order valence-corrected chi connectivity index (χ2v) is 5.98. The Morgan fingerprint density at radius 2 is 2.21 bits per heavy atom. The van der Waals surface area contributed by atoms with Crippen LogP contribution in [0.25, 0.3) is 0 Å². The molecule has 1 atom stereocenters. The molecule has 0 saturated heterocycles. The standard InChI is InChI=1S/C14H18N2O2S/c1-5-19(17)14-8-11(13(9-15)16-18-4)6-7-12(14)10(2)3/h6-8,10H,5H2,1-4H3/b16-13+. The van der Waals surface area contributed by atoms with E-state index in [-0.39, 0.29) is 11.6 Å². The van der Waals surface area contributed by atoms with Crippen molar-refractivity contribution in [1.29, 1.82) is 5.26 Å². The second kappa shape index (κ2) is 7.05. The van der Waals surface area contributed by atoms with Gasteiger partial charge in [-0.3, -0.25) is 4.21 Å². The van der Waals surface area contributed by atoms with Crippen LogP contribution in [-0.2, 0) is 15.6 Å². The molecule has 0 aromatic heterocycles. The maximum atomic E-state index is 12.1. The van der Waals surface area contributed by atoms with Gasteiger partial charge in [-0.1, -0.05) is 38.1 Å². The lowest BCUT2D eigenvalue weighted by atomic mass is 10.0. The maximum Gasteiger partial charge on any atom is 0.186 e. The summed E-state index contributed by atoms with van der Waals surface area (Å²) in [6.45, 7) is 5.99. The predicted octanol–water partition coefficient (Wildman–Crippen LogP) is 2.81. The molecule has 0 spiro atoms. The fourth-order valence-corrected chi connectivity index (χ4v) is 2.88. The molecular formula is C14H18N2O2S. The van der Waals surface area contributed by atoms with Gasteiger partial charge in [0.15, 0.2) is 5.71 Å². The zero-order valence-corrected chi connectivity index (χ0v) is 12.5. The Balaban J connectivity index is 3.38. The van der Waals surface area contributed by atoms with Gasteiger partial charge in [-0.15, -0.1) is 0 Å². The molecule has 1 rings (SSSR count). The summed E-state index contributed by atoms with van der Waals surface area (Å²) >= 11 is 0. The number of rotatable bonds is 5. The molecule has 0 heterocycles. The van der Waals surface area contributed by atoms with E-state index in [4.69, 9.17) is 5.26 Å². The lowest BCUT2D eigenvalue weighted by Gasteiger charge is -2.13. The number of nitriles is 1. The maximum absolute atomic E-state index is 12.1. The Kier molecular flexibility index (Phi) is 5.71. The van der Waals surface area contributed by atoms with Crippen molar-refractivity contribution in [1.82, 2.24) is 0 Å². The van der Waals surface area contributed by atoms with Crippen molar-refractivity contribution in [3.8, 4) is 6.07 Å². The predicted molar refractivity (Wildman–Crippen MR) is 76.6 cm³/mol.